The average molecular weight is 829 g/mol. The van der Waals surface area contributed by atoms with Crippen LogP contribution in [-0.4, -0.2) is 81.8 Å². The van der Waals surface area contributed by atoms with Crippen molar-refractivity contribution in [2.45, 2.75) is 71.6 Å². The lowest BCUT2D eigenvalue weighted by atomic mass is 9.49. The summed E-state index contributed by atoms with van der Waals surface area (Å²) < 4.78 is 7.40. The number of piperidine rings is 2. The molecule has 0 radical (unpaired) electrons. The second kappa shape index (κ2) is 15.7. The molecule has 4 aromatic rings. The zero-order chi connectivity index (χ0) is 42.5. The lowest BCUT2D eigenvalue weighted by molar-refractivity contribution is -0.164. The summed E-state index contributed by atoms with van der Waals surface area (Å²) in [5.41, 5.74) is 1.71. The van der Waals surface area contributed by atoms with Crippen LogP contribution in [0.2, 0.25) is 5.02 Å². The van der Waals surface area contributed by atoms with E-state index in [-0.39, 0.29) is 65.4 Å². The monoisotopic (exact) mass is 828 g/mol. The van der Waals surface area contributed by atoms with Gasteiger partial charge in [-0.2, -0.15) is 9.94 Å². The first-order valence-corrected chi connectivity index (χ1v) is 20.6. The number of anilines is 1. The molecule has 4 heterocycles. The molecule has 308 valence electrons. The standard InChI is InChI=1S/C45H45ClN8O6/c1-44(2)42(45(3,4)43(44)60-32-13-11-29(23-47)34(46)22-32)49-38(56)28-9-7-26(8-10-28)5-6-27-17-19-52(20-18-27)40(58)30-24-53(25-30)31-12-14-35-33(21-31)41(59)54(51-50-35)36-15-16-37(55)48-39(36)57/h7-14,21-22,27,30,36,42-43H,15-20,24-25H2,1-4H3,(H,49,56)(H,48,55,57)/t36?,42-,43-. The fourth-order valence-electron chi connectivity index (χ4n) is 9.41. The third-order valence-corrected chi connectivity index (χ3v) is 12.9. The maximum absolute atomic E-state index is 13.4. The molecule has 3 saturated heterocycles. The minimum absolute atomic E-state index is 0.117. The Kier molecular flexibility index (Phi) is 10.6. The van der Waals surface area contributed by atoms with Crippen molar-refractivity contribution < 1.29 is 23.9 Å². The van der Waals surface area contributed by atoms with Crippen molar-refractivity contribution in [2.24, 2.45) is 22.7 Å². The highest BCUT2D eigenvalue weighted by molar-refractivity contribution is 6.31. The molecule has 1 unspecified atom stereocenters. The summed E-state index contributed by atoms with van der Waals surface area (Å²) in [7, 11) is 0. The minimum atomic E-state index is -0.899. The van der Waals surface area contributed by atoms with Gasteiger partial charge in [0.2, 0.25) is 11.8 Å². The van der Waals surface area contributed by atoms with E-state index in [9.17, 15) is 29.2 Å². The number of hydrogen-bond donors (Lipinski definition) is 2. The van der Waals surface area contributed by atoms with Gasteiger partial charge in [-0.25, -0.2) is 0 Å². The summed E-state index contributed by atoms with van der Waals surface area (Å²) in [6, 6.07) is 18.6. The van der Waals surface area contributed by atoms with Crippen LogP contribution < -0.4 is 25.8 Å². The van der Waals surface area contributed by atoms with Gasteiger partial charge in [0.25, 0.3) is 17.4 Å². The number of amides is 4. The highest BCUT2D eigenvalue weighted by Crippen LogP contribution is 2.55. The molecule has 0 bridgehead atoms. The summed E-state index contributed by atoms with van der Waals surface area (Å²) in [6.45, 7) is 10.6. The molecule has 0 spiro atoms. The highest BCUT2D eigenvalue weighted by Gasteiger charge is 2.64. The summed E-state index contributed by atoms with van der Waals surface area (Å²) in [6.07, 6.45) is 1.64. The normalized spacial score (nSPS) is 22.4. The van der Waals surface area contributed by atoms with Crippen molar-refractivity contribution >= 4 is 51.8 Å². The van der Waals surface area contributed by atoms with Crippen LogP contribution in [0.25, 0.3) is 10.9 Å². The minimum Gasteiger partial charge on any atom is -0.489 e. The Morgan fingerprint density at radius 2 is 1.67 bits per heavy atom. The van der Waals surface area contributed by atoms with Gasteiger partial charge in [0.05, 0.1) is 21.9 Å². The molecule has 8 rings (SSSR count). The van der Waals surface area contributed by atoms with Crippen LogP contribution in [0.4, 0.5) is 5.69 Å². The molecule has 4 fully saturated rings. The number of fused-ring (bicyclic) bond motifs is 1. The van der Waals surface area contributed by atoms with Gasteiger partial charge in [0.15, 0.2) is 0 Å². The quantitative estimate of drug-likeness (QED) is 0.197. The van der Waals surface area contributed by atoms with Gasteiger partial charge in [0.1, 0.15) is 29.5 Å². The van der Waals surface area contributed by atoms with Crippen LogP contribution in [0.1, 0.15) is 80.9 Å². The van der Waals surface area contributed by atoms with Gasteiger partial charge in [-0.15, -0.1) is 5.10 Å². The van der Waals surface area contributed by atoms with Gasteiger partial charge < -0.3 is 19.9 Å². The van der Waals surface area contributed by atoms with Crippen molar-refractivity contribution in [3.63, 3.8) is 0 Å². The zero-order valence-corrected chi connectivity index (χ0v) is 34.6. The number of carbonyl (C=O) groups is 4. The molecule has 4 aliphatic rings. The lowest BCUT2D eigenvalue weighted by Crippen LogP contribution is -2.74. The largest absolute Gasteiger partial charge is 0.489 e. The second-order valence-electron chi connectivity index (χ2n) is 17.4. The second-order valence-corrected chi connectivity index (χ2v) is 17.8. The van der Waals surface area contributed by atoms with Crippen LogP contribution in [0.3, 0.4) is 0 Å². The molecular weight excluding hydrogens is 784 g/mol. The van der Waals surface area contributed by atoms with E-state index >= 15 is 0 Å². The third-order valence-electron chi connectivity index (χ3n) is 12.6. The number of hydrogen-bond acceptors (Lipinski definition) is 10. The number of carbonyl (C=O) groups excluding carboxylic acids is 4. The smallest absolute Gasteiger partial charge is 0.278 e. The van der Waals surface area contributed by atoms with Crippen molar-refractivity contribution in [1.29, 1.82) is 5.26 Å². The van der Waals surface area contributed by atoms with Crippen molar-refractivity contribution in [3.05, 3.63) is 92.7 Å². The summed E-state index contributed by atoms with van der Waals surface area (Å²) >= 11 is 6.24. The van der Waals surface area contributed by atoms with Crippen molar-refractivity contribution in [1.82, 2.24) is 30.5 Å². The summed E-state index contributed by atoms with van der Waals surface area (Å²) in [5, 5.41) is 23.4. The van der Waals surface area contributed by atoms with Gasteiger partial charge in [-0.3, -0.25) is 29.3 Å². The molecule has 1 saturated carbocycles. The molecule has 4 amide bonds. The Labute approximate surface area is 352 Å². The topological polar surface area (TPSA) is 180 Å². The van der Waals surface area contributed by atoms with E-state index in [1.54, 1.807) is 42.5 Å². The van der Waals surface area contributed by atoms with Gasteiger partial charge in [-0.05, 0) is 73.9 Å². The fourth-order valence-corrected chi connectivity index (χ4v) is 9.62. The summed E-state index contributed by atoms with van der Waals surface area (Å²) in [5.74, 6) is 6.22. The number of rotatable bonds is 7. The summed E-state index contributed by atoms with van der Waals surface area (Å²) in [4.78, 5) is 68.1. The highest BCUT2D eigenvalue weighted by atomic mass is 35.5. The Morgan fingerprint density at radius 3 is 2.33 bits per heavy atom. The number of nitrogens with zero attached hydrogens (tertiary/aromatic N) is 6. The van der Waals surface area contributed by atoms with Gasteiger partial charge in [-0.1, -0.05) is 56.4 Å². The maximum atomic E-state index is 13.4. The third kappa shape index (κ3) is 7.56. The maximum Gasteiger partial charge on any atom is 0.278 e. The number of nitrogens with one attached hydrogen (secondary N) is 2. The number of benzene rings is 3. The molecule has 1 atom stereocenters. The van der Waals surface area contributed by atoms with E-state index in [1.165, 1.54) is 0 Å². The number of aromatic nitrogens is 3. The molecule has 15 heteroatoms. The molecule has 3 aromatic carbocycles. The average Bonchev–Trinajstić information content (AvgIpc) is 3.21. The first-order chi connectivity index (χ1) is 28.6. The Morgan fingerprint density at radius 1 is 0.950 bits per heavy atom. The number of halogens is 1. The number of ether oxygens (including phenoxy) is 1. The van der Waals surface area contributed by atoms with E-state index < -0.39 is 17.5 Å². The van der Waals surface area contributed by atoms with Crippen molar-refractivity contribution in [3.8, 4) is 23.7 Å². The zero-order valence-electron chi connectivity index (χ0n) is 33.8. The number of imide groups is 1. The molecular formula is C45H45ClN8O6. The number of nitriles is 1. The van der Waals surface area contributed by atoms with E-state index in [0.29, 0.717) is 59.0 Å². The molecule has 14 nitrogen and oxygen atoms in total. The van der Waals surface area contributed by atoms with Crippen molar-refractivity contribution in [2.75, 3.05) is 31.1 Å². The Balaban J connectivity index is 0.806. The van der Waals surface area contributed by atoms with Crippen LogP contribution in [0, 0.1) is 45.8 Å². The van der Waals surface area contributed by atoms with E-state index in [2.05, 4.69) is 66.6 Å². The van der Waals surface area contributed by atoms with Crippen LogP contribution in [0.15, 0.2) is 65.5 Å². The van der Waals surface area contributed by atoms with E-state index in [0.717, 1.165) is 28.8 Å². The Bertz CT molecular complexity index is 2560. The molecule has 2 N–H and O–H groups in total. The Hall–Kier alpha value is -6.25. The molecule has 1 aromatic heterocycles. The van der Waals surface area contributed by atoms with Crippen LogP contribution in [-0.2, 0) is 14.4 Å². The molecule has 60 heavy (non-hydrogen) atoms. The molecule has 3 aliphatic heterocycles. The SMILES string of the molecule is CC1(C)[C@H](NC(=O)c2ccc(C#CC3CCN(C(=O)C4CN(c5ccc6nnn(C7CCC(=O)NC7=O)c(=O)c6c5)C4)CC3)cc2)C(C)(C)[C@H]1Oc1ccc(C#N)c(Cl)c1. The van der Waals surface area contributed by atoms with Crippen LogP contribution in [0.5, 0.6) is 5.75 Å². The first kappa shape index (κ1) is 40.5. The first-order valence-electron chi connectivity index (χ1n) is 20.2. The van der Waals surface area contributed by atoms with Crippen LogP contribution >= 0.6 is 11.6 Å². The lowest BCUT2D eigenvalue weighted by Gasteiger charge is -2.63. The van der Waals surface area contributed by atoms with E-state index in [1.807, 2.05) is 28.0 Å². The number of likely N-dealkylation sites (tertiary alicyclic amines) is 1. The predicted octanol–water partition coefficient (Wildman–Crippen LogP) is 4.63. The molecule has 1 aliphatic carbocycles. The fraction of sp³-hybridized carbons (Fsp3) is 0.422. The van der Waals surface area contributed by atoms with Gasteiger partial charge >= 0.3 is 0 Å². The van der Waals surface area contributed by atoms with Gasteiger partial charge in [0, 0.05) is 78.3 Å². The van der Waals surface area contributed by atoms with E-state index in [4.69, 9.17) is 16.3 Å². The predicted molar refractivity (Wildman–Crippen MR) is 223 cm³/mol.